The fraction of sp³-hybridized carbons (Fsp3) is 0.387. The van der Waals surface area contributed by atoms with Crippen molar-refractivity contribution in [1.29, 1.82) is 0 Å². The van der Waals surface area contributed by atoms with Crippen LogP contribution in [0.5, 0.6) is 0 Å². The molecule has 2 amide bonds. The molecule has 13 heteroatoms. The molecule has 6 nitrogen and oxygen atoms in total. The van der Waals surface area contributed by atoms with E-state index in [1.54, 1.807) is 19.9 Å². The number of aromatic nitrogens is 1. The molecule has 1 aromatic heterocycles. The van der Waals surface area contributed by atoms with Crippen molar-refractivity contribution in [2.24, 2.45) is 5.73 Å². The minimum atomic E-state index is -5.09. The summed E-state index contributed by atoms with van der Waals surface area (Å²) in [7, 11) is 1.33. The van der Waals surface area contributed by atoms with E-state index in [9.17, 15) is 40.3 Å². The summed E-state index contributed by atoms with van der Waals surface area (Å²) < 4.78 is 95.5. The molecule has 0 unspecified atom stereocenters. The molecule has 1 fully saturated rings. The number of benzene rings is 2. The van der Waals surface area contributed by atoms with Crippen LogP contribution in [0.15, 0.2) is 48.7 Å². The number of nitrogens with zero attached hydrogens (tertiary/aromatic N) is 2. The van der Waals surface area contributed by atoms with Crippen molar-refractivity contribution in [3.05, 3.63) is 82.4 Å². The number of carbonyl (C=O) groups excluding carboxylic acids is 2. The van der Waals surface area contributed by atoms with E-state index in [-0.39, 0.29) is 11.8 Å². The summed E-state index contributed by atoms with van der Waals surface area (Å²) in [5.74, 6) is -1.87. The molecule has 236 valence electrons. The quantitative estimate of drug-likeness (QED) is 0.294. The average Bonchev–Trinajstić information content (AvgIpc) is 3.34. The minimum absolute atomic E-state index is 0.00606. The van der Waals surface area contributed by atoms with Gasteiger partial charge in [0.2, 0.25) is 11.8 Å². The molecule has 1 aliphatic heterocycles. The first-order valence-corrected chi connectivity index (χ1v) is 13.6. The third-order valence-corrected chi connectivity index (χ3v) is 8.22. The van der Waals surface area contributed by atoms with Crippen molar-refractivity contribution >= 4 is 17.5 Å². The molecule has 0 radical (unpaired) electrons. The van der Waals surface area contributed by atoms with Crippen molar-refractivity contribution < 1.29 is 40.3 Å². The maximum Gasteiger partial charge on any atom is 0.416 e. The number of primary amides is 1. The van der Waals surface area contributed by atoms with Gasteiger partial charge < -0.3 is 10.6 Å². The highest BCUT2D eigenvalue weighted by atomic mass is 19.4. The van der Waals surface area contributed by atoms with Gasteiger partial charge >= 0.3 is 12.4 Å². The standard InChI is InChI=1S/C31H31F7N4O2/c1-16-10-20(32)6-7-21(16)22-14-24(23-8-9-29(4,41-23)26(39)43)40-15-25(22)42(5)27(44)28(2,3)17-11-18(30(33,34)35)13-19(12-17)31(36,37)38/h6-7,10-15,23,41H,8-9H2,1-5H3,(H2,39,43)/t23-,29+/m0/s1. The number of nitrogens with one attached hydrogen (secondary N) is 1. The summed E-state index contributed by atoms with van der Waals surface area (Å²) >= 11 is 0. The second-order valence-electron chi connectivity index (χ2n) is 11.8. The first-order chi connectivity index (χ1) is 20.1. The molecular formula is C31H31F7N4O2. The Morgan fingerprint density at radius 3 is 2.02 bits per heavy atom. The smallest absolute Gasteiger partial charge is 0.368 e. The molecule has 4 rings (SSSR count). The molecule has 3 aromatic rings. The number of anilines is 1. The van der Waals surface area contributed by atoms with Gasteiger partial charge in [0.25, 0.3) is 0 Å². The zero-order chi connectivity index (χ0) is 33.0. The van der Waals surface area contributed by atoms with E-state index in [0.717, 1.165) is 4.90 Å². The monoisotopic (exact) mass is 624 g/mol. The van der Waals surface area contributed by atoms with Crippen LogP contribution in [0, 0.1) is 12.7 Å². The number of hydrogen-bond donors (Lipinski definition) is 2. The van der Waals surface area contributed by atoms with Gasteiger partial charge in [-0.25, -0.2) is 4.39 Å². The second kappa shape index (κ2) is 11.2. The van der Waals surface area contributed by atoms with Gasteiger partial charge in [-0.05, 0) is 93.6 Å². The molecule has 44 heavy (non-hydrogen) atoms. The van der Waals surface area contributed by atoms with Crippen LogP contribution in [-0.4, -0.2) is 29.4 Å². The summed E-state index contributed by atoms with van der Waals surface area (Å²) in [5.41, 5.74) is 1.25. The van der Waals surface area contributed by atoms with Gasteiger partial charge in [0.15, 0.2) is 0 Å². The fourth-order valence-electron chi connectivity index (χ4n) is 5.41. The lowest BCUT2D eigenvalue weighted by Gasteiger charge is -2.32. The number of halogens is 7. The largest absolute Gasteiger partial charge is 0.416 e. The van der Waals surface area contributed by atoms with E-state index in [2.05, 4.69) is 10.3 Å². The molecular weight excluding hydrogens is 593 g/mol. The van der Waals surface area contributed by atoms with Crippen molar-refractivity contribution in [1.82, 2.24) is 10.3 Å². The van der Waals surface area contributed by atoms with E-state index >= 15 is 0 Å². The summed E-state index contributed by atoms with van der Waals surface area (Å²) in [5, 5.41) is 3.18. The topological polar surface area (TPSA) is 88.3 Å². The first kappa shape index (κ1) is 32.9. The van der Waals surface area contributed by atoms with Crippen LogP contribution < -0.4 is 16.0 Å². The zero-order valence-corrected chi connectivity index (χ0v) is 24.5. The van der Waals surface area contributed by atoms with Gasteiger partial charge in [-0.2, -0.15) is 26.3 Å². The lowest BCUT2D eigenvalue weighted by atomic mass is 9.81. The van der Waals surface area contributed by atoms with Crippen LogP contribution >= 0.6 is 0 Å². The van der Waals surface area contributed by atoms with Gasteiger partial charge in [-0.1, -0.05) is 6.07 Å². The Kier molecular flexibility index (Phi) is 8.35. The van der Waals surface area contributed by atoms with E-state index < -0.39 is 63.7 Å². The number of carbonyl (C=O) groups is 2. The van der Waals surface area contributed by atoms with E-state index in [1.807, 2.05) is 0 Å². The van der Waals surface area contributed by atoms with Crippen molar-refractivity contribution in [3.8, 4) is 11.1 Å². The van der Waals surface area contributed by atoms with Gasteiger partial charge in [0.05, 0.1) is 45.7 Å². The minimum Gasteiger partial charge on any atom is -0.368 e. The van der Waals surface area contributed by atoms with Gasteiger partial charge in [0.1, 0.15) is 5.82 Å². The van der Waals surface area contributed by atoms with E-state index in [1.165, 1.54) is 45.3 Å². The third kappa shape index (κ3) is 6.28. The lowest BCUT2D eigenvalue weighted by molar-refractivity contribution is -0.143. The van der Waals surface area contributed by atoms with Crippen LogP contribution in [-0.2, 0) is 27.4 Å². The molecule has 0 bridgehead atoms. The molecule has 2 aromatic carbocycles. The highest BCUT2D eigenvalue weighted by molar-refractivity contribution is 6.03. The average molecular weight is 625 g/mol. The molecule has 3 N–H and O–H groups in total. The number of hydrogen-bond acceptors (Lipinski definition) is 4. The Balaban J connectivity index is 1.82. The van der Waals surface area contributed by atoms with Crippen LogP contribution in [0.3, 0.4) is 0 Å². The SMILES string of the molecule is Cc1cc(F)ccc1-c1cc([C@@H]2CC[C@](C)(C(N)=O)N2)ncc1N(C)C(=O)C(C)(C)c1cc(C(F)(F)F)cc(C(F)(F)F)c1. The van der Waals surface area contributed by atoms with Crippen molar-refractivity contribution in [2.75, 3.05) is 11.9 Å². The predicted molar refractivity (Wildman–Crippen MR) is 150 cm³/mol. The summed E-state index contributed by atoms with van der Waals surface area (Å²) in [6.07, 6.45) is -7.88. The van der Waals surface area contributed by atoms with Crippen LogP contribution in [0.25, 0.3) is 11.1 Å². The summed E-state index contributed by atoms with van der Waals surface area (Å²) in [6.45, 7) is 5.78. The number of rotatable bonds is 6. The third-order valence-electron chi connectivity index (χ3n) is 8.22. The Hall–Kier alpha value is -4.00. The Bertz CT molecular complexity index is 1590. The maximum atomic E-state index is 14.0. The molecule has 1 aliphatic rings. The van der Waals surface area contributed by atoms with Crippen molar-refractivity contribution in [3.63, 3.8) is 0 Å². The molecule has 0 saturated carbocycles. The van der Waals surface area contributed by atoms with Crippen molar-refractivity contribution in [2.45, 2.75) is 69.9 Å². The Labute approximate surface area is 249 Å². The van der Waals surface area contributed by atoms with E-state index in [0.29, 0.717) is 47.4 Å². The number of aryl methyl sites for hydroxylation is 1. The van der Waals surface area contributed by atoms with Crippen LogP contribution in [0.4, 0.5) is 36.4 Å². The molecule has 0 aliphatic carbocycles. The second-order valence-corrected chi connectivity index (χ2v) is 11.8. The van der Waals surface area contributed by atoms with E-state index in [4.69, 9.17) is 5.73 Å². The van der Waals surface area contributed by atoms with Gasteiger partial charge in [-0.3, -0.25) is 19.9 Å². The van der Waals surface area contributed by atoms with Crippen LogP contribution in [0.2, 0.25) is 0 Å². The number of amides is 2. The first-order valence-electron chi connectivity index (χ1n) is 13.6. The number of pyridine rings is 1. The highest BCUT2D eigenvalue weighted by Gasteiger charge is 2.42. The normalized spacial score (nSPS) is 19.2. The number of alkyl halides is 6. The highest BCUT2D eigenvalue weighted by Crippen LogP contribution is 2.42. The summed E-state index contributed by atoms with van der Waals surface area (Å²) in [6, 6.07) is 6.33. The zero-order valence-electron chi connectivity index (χ0n) is 24.5. The van der Waals surface area contributed by atoms with Gasteiger partial charge in [0, 0.05) is 12.6 Å². The van der Waals surface area contributed by atoms with Crippen LogP contribution in [0.1, 0.15) is 67.6 Å². The predicted octanol–water partition coefficient (Wildman–Crippen LogP) is 6.84. The maximum absolute atomic E-state index is 14.0. The fourth-order valence-corrected chi connectivity index (χ4v) is 5.41. The lowest BCUT2D eigenvalue weighted by Crippen LogP contribution is -2.49. The Morgan fingerprint density at radius 2 is 1.52 bits per heavy atom. The molecule has 2 atom stereocenters. The molecule has 0 spiro atoms. The molecule has 2 heterocycles. The Morgan fingerprint density at radius 1 is 0.955 bits per heavy atom. The molecule has 1 saturated heterocycles. The summed E-state index contributed by atoms with van der Waals surface area (Å²) in [4.78, 5) is 31.5. The number of likely N-dealkylation sites (N-methyl/N-ethyl adjacent to an activating group) is 1. The van der Waals surface area contributed by atoms with Gasteiger partial charge in [-0.15, -0.1) is 0 Å². The number of nitrogens with two attached hydrogens (primary N) is 1.